The van der Waals surface area contributed by atoms with E-state index in [0.29, 0.717) is 18.8 Å². The van der Waals surface area contributed by atoms with Crippen molar-refractivity contribution in [3.8, 4) is 5.75 Å². The Labute approximate surface area is 130 Å². The van der Waals surface area contributed by atoms with Crippen molar-refractivity contribution in [3.63, 3.8) is 0 Å². The van der Waals surface area contributed by atoms with Gasteiger partial charge in [-0.15, -0.1) is 0 Å². The normalized spacial score (nSPS) is 33.6. The molecule has 0 unspecified atom stereocenters. The Morgan fingerprint density at radius 1 is 1.41 bits per heavy atom. The molecule has 2 aliphatic rings. The number of aliphatic carboxylic acids is 1. The summed E-state index contributed by atoms with van der Waals surface area (Å²) in [6.07, 6.45) is 4.36. The summed E-state index contributed by atoms with van der Waals surface area (Å²) in [7, 11) is 0. The first kappa shape index (κ1) is 15.1. The number of carboxylic acid groups (broad SMARTS) is 1. The first-order valence-corrected chi connectivity index (χ1v) is 7.96. The number of carbonyl (C=O) groups excluding carboxylic acids is 1. The Morgan fingerprint density at radius 2 is 2.18 bits per heavy atom. The predicted octanol–water partition coefficient (Wildman–Crippen LogP) is 3.13. The summed E-state index contributed by atoms with van der Waals surface area (Å²) in [6, 6.07) is 5.51. The first-order chi connectivity index (χ1) is 10.5. The van der Waals surface area contributed by atoms with Gasteiger partial charge in [-0.25, -0.2) is 0 Å². The molecule has 0 spiro atoms. The lowest BCUT2D eigenvalue weighted by molar-refractivity contribution is -0.157. The van der Waals surface area contributed by atoms with Gasteiger partial charge in [-0.3, -0.25) is 4.79 Å². The van der Waals surface area contributed by atoms with E-state index in [-0.39, 0.29) is 17.6 Å². The monoisotopic (exact) mass is 302 g/mol. The van der Waals surface area contributed by atoms with Gasteiger partial charge in [0, 0.05) is 6.42 Å². The summed E-state index contributed by atoms with van der Waals surface area (Å²) in [5.74, 6) is -0.0656. The Morgan fingerprint density at radius 3 is 2.86 bits per heavy atom. The molecule has 2 N–H and O–H groups in total. The van der Waals surface area contributed by atoms with Gasteiger partial charge in [0.05, 0.1) is 5.41 Å². The summed E-state index contributed by atoms with van der Waals surface area (Å²) in [4.78, 5) is 22.9. The fourth-order valence-corrected chi connectivity index (χ4v) is 4.69. The standard InChI is InChI=1S/C18H22O4/c1-18(17(21)22)8-6-14-13-5-3-12(20)10-11(13)2-4-15(14)16(18)7-9-19/h3,5,9-10,14-16,20H,2,4,6-8H2,1H3,(H,21,22)/t14-,15-,16+,18+/m1/s1. The summed E-state index contributed by atoms with van der Waals surface area (Å²) in [5.41, 5.74) is 1.60. The molecule has 0 bridgehead atoms. The van der Waals surface area contributed by atoms with Crippen LogP contribution in [0.1, 0.15) is 49.7 Å². The lowest BCUT2D eigenvalue weighted by Gasteiger charge is -2.49. The van der Waals surface area contributed by atoms with Crippen LogP contribution in [0.15, 0.2) is 18.2 Å². The number of rotatable bonds is 3. The largest absolute Gasteiger partial charge is 0.508 e. The fraction of sp³-hybridized carbons (Fsp3) is 0.556. The number of benzene rings is 1. The SMILES string of the molecule is C[C@]1(C(=O)O)CC[C@@H]2c3ccc(O)cc3CC[C@H]2[C@@H]1CC=O. The maximum Gasteiger partial charge on any atom is 0.309 e. The average molecular weight is 302 g/mol. The minimum absolute atomic E-state index is 0.108. The second kappa shape index (κ2) is 5.41. The number of aryl methyl sites for hydroxylation is 1. The molecule has 4 heteroatoms. The third-order valence-corrected chi connectivity index (χ3v) is 5.94. The second-order valence-electron chi connectivity index (χ2n) is 6.96. The van der Waals surface area contributed by atoms with Gasteiger partial charge >= 0.3 is 5.97 Å². The van der Waals surface area contributed by atoms with Crippen molar-refractivity contribution in [2.75, 3.05) is 0 Å². The van der Waals surface area contributed by atoms with E-state index >= 15 is 0 Å². The molecule has 0 aliphatic heterocycles. The molecule has 0 saturated heterocycles. The number of carboxylic acids is 1. The number of fused-ring (bicyclic) bond motifs is 3. The van der Waals surface area contributed by atoms with Crippen LogP contribution in [0.25, 0.3) is 0 Å². The van der Waals surface area contributed by atoms with Crippen LogP contribution < -0.4 is 0 Å². The van der Waals surface area contributed by atoms with E-state index in [9.17, 15) is 19.8 Å². The van der Waals surface area contributed by atoms with Crippen LogP contribution >= 0.6 is 0 Å². The van der Waals surface area contributed by atoms with E-state index in [1.807, 2.05) is 12.1 Å². The van der Waals surface area contributed by atoms with Crippen LogP contribution in [0.3, 0.4) is 0 Å². The van der Waals surface area contributed by atoms with E-state index in [2.05, 4.69) is 0 Å². The zero-order valence-corrected chi connectivity index (χ0v) is 12.8. The van der Waals surface area contributed by atoms with Crippen molar-refractivity contribution in [3.05, 3.63) is 29.3 Å². The molecule has 0 radical (unpaired) electrons. The molecule has 3 rings (SSSR count). The van der Waals surface area contributed by atoms with Gasteiger partial charge < -0.3 is 15.0 Å². The minimum Gasteiger partial charge on any atom is -0.508 e. The molecule has 1 fully saturated rings. The van der Waals surface area contributed by atoms with Gasteiger partial charge in [-0.05, 0) is 73.6 Å². The molecule has 2 aliphatic carbocycles. The minimum atomic E-state index is -0.809. The molecule has 118 valence electrons. The lowest BCUT2D eigenvalue weighted by Crippen LogP contribution is -2.47. The fourth-order valence-electron chi connectivity index (χ4n) is 4.69. The second-order valence-corrected chi connectivity index (χ2v) is 6.96. The highest BCUT2D eigenvalue weighted by atomic mass is 16.4. The summed E-state index contributed by atoms with van der Waals surface area (Å²) < 4.78 is 0. The van der Waals surface area contributed by atoms with E-state index < -0.39 is 11.4 Å². The van der Waals surface area contributed by atoms with Crippen molar-refractivity contribution >= 4 is 12.3 Å². The number of hydrogen-bond acceptors (Lipinski definition) is 3. The topological polar surface area (TPSA) is 74.6 Å². The Kier molecular flexibility index (Phi) is 3.71. The van der Waals surface area contributed by atoms with Crippen LogP contribution in [0, 0.1) is 17.3 Å². The van der Waals surface area contributed by atoms with Crippen molar-refractivity contribution in [1.82, 2.24) is 0 Å². The molecule has 1 saturated carbocycles. The molecule has 0 heterocycles. The Hall–Kier alpha value is -1.84. The van der Waals surface area contributed by atoms with Gasteiger partial charge in [0.1, 0.15) is 12.0 Å². The molecular formula is C18H22O4. The molecule has 22 heavy (non-hydrogen) atoms. The highest BCUT2D eigenvalue weighted by Crippen LogP contribution is 2.55. The number of carbonyl (C=O) groups is 2. The number of aldehydes is 1. The van der Waals surface area contributed by atoms with E-state index in [0.717, 1.165) is 25.5 Å². The maximum absolute atomic E-state index is 11.8. The molecule has 1 aromatic carbocycles. The van der Waals surface area contributed by atoms with Crippen LogP contribution in [0.2, 0.25) is 0 Å². The van der Waals surface area contributed by atoms with Crippen LogP contribution in [-0.4, -0.2) is 22.5 Å². The van der Waals surface area contributed by atoms with Crippen molar-refractivity contribution in [1.29, 1.82) is 0 Å². The Bertz CT molecular complexity index is 609. The van der Waals surface area contributed by atoms with Gasteiger partial charge in [0.15, 0.2) is 0 Å². The number of phenolic OH excluding ortho intramolecular Hbond substituents is 1. The number of hydrogen-bond donors (Lipinski definition) is 2. The Balaban J connectivity index is 1.99. The molecular weight excluding hydrogens is 280 g/mol. The van der Waals surface area contributed by atoms with Crippen molar-refractivity contribution in [2.45, 2.75) is 44.9 Å². The number of phenols is 1. The quantitative estimate of drug-likeness (QED) is 0.841. The average Bonchev–Trinajstić information content (AvgIpc) is 2.49. The van der Waals surface area contributed by atoms with Crippen molar-refractivity contribution in [2.24, 2.45) is 17.3 Å². The number of aromatic hydroxyl groups is 1. The molecule has 4 nitrogen and oxygen atoms in total. The zero-order valence-electron chi connectivity index (χ0n) is 12.8. The van der Waals surface area contributed by atoms with Gasteiger partial charge in [-0.2, -0.15) is 0 Å². The molecule has 0 amide bonds. The maximum atomic E-state index is 11.8. The highest BCUT2D eigenvalue weighted by Gasteiger charge is 2.51. The van der Waals surface area contributed by atoms with E-state index in [1.165, 1.54) is 11.1 Å². The van der Waals surface area contributed by atoms with E-state index in [1.54, 1.807) is 13.0 Å². The summed E-state index contributed by atoms with van der Waals surface area (Å²) in [5, 5.41) is 19.3. The first-order valence-electron chi connectivity index (χ1n) is 7.96. The third-order valence-electron chi connectivity index (χ3n) is 5.94. The predicted molar refractivity (Wildman–Crippen MR) is 81.8 cm³/mol. The van der Waals surface area contributed by atoms with Crippen LogP contribution in [-0.2, 0) is 16.0 Å². The highest BCUT2D eigenvalue weighted by molar-refractivity contribution is 5.75. The van der Waals surface area contributed by atoms with Gasteiger partial charge in [0.2, 0.25) is 0 Å². The molecule has 1 aromatic rings. The smallest absolute Gasteiger partial charge is 0.309 e. The molecule has 4 atom stereocenters. The van der Waals surface area contributed by atoms with Crippen molar-refractivity contribution < 1.29 is 19.8 Å². The van der Waals surface area contributed by atoms with E-state index in [4.69, 9.17) is 0 Å². The summed E-state index contributed by atoms with van der Waals surface area (Å²) in [6.45, 7) is 1.80. The zero-order chi connectivity index (χ0) is 15.9. The summed E-state index contributed by atoms with van der Waals surface area (Å²) >= 11 is 0. The third kappa shape index (κ3) is 2.21. The van der Waals surface area contributed by atoms with Crippen LogP contribution in [0.4, 0.5) is 0 Å². The van der Waals surface area contributed by atoms with Crippen LogP contribution in [0.5, 0.6) is 5.75 Å². The van der Waals surface area contributed by atoms with Gasteiger partial charge in [-0.1, -0.05) is 6.07 Å². The molecule has 0 aromatic heterocycles. The lowest BCUT2D eigenvalue weighted by atomic mass is 9.54. The van der Waals surface area contributed by atoms with Gasteiger partial charge in [0.25, 0.3) is 0 Å².